The Morgan fingerprint density at radius 2 is 1.82 bits per heavy atom. The Morgan fingerprint density at radius 1 is 1.18 bits per heavy atom. The highest BCUT2D eigenvalue weighted by molar-refractivity contribution is 5.47. The maximum absolute atomic E-state index is 7.22. The van der Waals surface area contributed by atoms with Crippen molar-refractivity contribution in [1.29, 1.82) is 0 Å². The first kappa shape index (κ1) is 11.4. The number of nitrogens with zero attached hydrogens (tertiary/aromatic N) is 3. The van der Waals surface area contributed by atoms with Crippen molar-refractivity contribution in [2.24, 2.45) is 0 Å². The van der Waals surface area contributed by atoms with Crippen molar-refractivity contribution in [2.45, 2.75) is 26.2 Å². The molecule has 0 aliphatic rings. The van der Waals surface area contributed by atoms with Crippen LogP contribution in [0.15, 0.2) is 36.4 Å². The normalized spacial score (nSPS) is 11.2. The molecule has 0 spiro atoms. The molecule has 3 nitrogen and oxygen atoms in total. The standard InChI is InChI=1S/C14H15N3/c1-14(2,3)12-10-13(15-4)17(16-12)11-8-6-5-7-9-11/h5-10H,1-3H3. The zero-order valence-corrected chi connectivity index (χ0v) is 10.3. The van der Waals surface area contributed by atoms with Crippen LogP contribution in [0.1, 0.15) is 26.5 Å². The van der Waals surface area contributed by atoms with Gasteiger partial charge in [0, 0.05) is 5.41 Å². The lowest BCUT2D eigenvalue weighted by molar-refractivity contribution is 0.560. The lowest BCUT2D eigenvalue weighted by Gasteiger charge is -2.13. The van der Waals surface area contributed by atoms with E-state index in [1.54, 1.807) is 4.68 Å². The van der Waals surface area contributed by atoms with Gasteiger partial charge in [-0.05, 0) is 18.2 Å². The van der Waals surface area contributed by atoms with Crippen LogP contribution in [0.5, 0.6) is 0 Å². The molecular weight excluding hydrogens is 210 g/mol. The first-order chi connectivity index (χ1) is 8.02. The van der Waals surface area contributed by atoms with Crippen LogP contribution >= 0.6 is 0 Å². The fourth-order valence-electron chi connectivity index (χ4n) is 1.58. The second-order valence-corrected chi connectivity index (χ2v) is 5.00. The Hall–Kier alpha value is -2.08. The molecule has 3 heteroatoms. The van der Waals surface area contributed by atoms with Crippen LogP contribution in [-0.2, 0) is 5.41 Å². The molecule has 17 heavy (non-hydrogen) atoms. The molecule has 0 bridgehead atoms. The summed E-state index contributed by atoms with van der Waals surface area (Å²) < 4.78 is 1.70. The van der Waals surface area contributed by atoms with Gasteiger partial charge in [0.2, 0.25) is 0 Å². The Kier molecular flexibility index (Phi) is 2.72. The van der Waals surface area contributed by atoms with Crippen molar-refractivity contribution in [2.75, 3.05) is 0 Å². The fraction of sp³-hybridized carbons (Fsp3) is 0.286. The third-order valence-corrected chi connectivity index (χ3v) is 2.57. The van der Waals surface area contributed by atoms with Gasteiger partial charge in [-0.25, -0.2) is 0 Å². The lowest BCUT2D eigenvalue weighted by Crippen LogP contribution is -2.12. The smallest absolute Gasteiger partial charge is 0.257 e. The van der Waals surface area contributed by atoms with Crippen molar-refractivity contribution in [3.05, 3.63) is 53.5 Å². The lowest BCUT2D eigenvalue weighted by atomic mass is 9.92. The number of hydrogen-bond acceptors (Lipinski definition) is 1. The number of rotatable bonds is 1. The third-order valence-electron chi connectivity index (χ3n) is 2.57. The summed E-state index contributed by atoms with van der Waals surface area (Å²) in [7, 11) is 0. The van der Waals surface area contributed by atoms with E-state index in [4.69, 9.17) is 6.57 Å². The minimum atomic E-state index is -0.0422. The first-order valence-corrected chi connectivity index (χ1v) is 5.56. The summed E-state index contributed by atoms with van der Waals surface area (Å²) in [4.78, 5) is 3.53. The summed E-state index contributed by atoms with van der Waals surface area (Å²) in [5.74, 6) is 0.557. The van der Waals surface area contributed by atoms with Crippen LogP contribution in [-0.4, -0.2) is 9.78 Å². The minimum Gasteiger partial charge on any atom is -0.362 e. The highest BCUT2D eigenvalue weighted by Crippen LogP contribution is 2.27. The zero-order valence-electron chi connectivity index (χ0n) is 10.3. The van der Waals surface area contributed by atoms with Crippen LogP contribution in [0.25, 0.3) is 10.5 Å². The van der Waals surface area contributed by atoms with Crippen molar-refractivity contribution in [3.8, 4) is 5.69 Å². The zero-order chi connectivity index (χ0) is 12.5. The Balaban J connectivity index is 2.56. The van der Waals surface area contributed by atoms with Gasteiger partial charge < -0.3 is 4.85 Å². The third kappa shape index (κ3) is 2.21. The van der Waals surface area contributed by atoms with Gasteiger partial charge >= 0.3 is 0 Å². The quantitative estimate of drug-likeness (QED) is 0.678. The van der Waals surface area contributed by atoms with Gasteiger partial charge in [0.1, 0.15) is 5.69 Å². The van der Waals surface area contributed by atoms with E-state index in [2.05, 4.69) is 30.7 Å². The summed E-state index contributed by atoms with van der Waals surface area (Å²) in [5.41, 5.74) is 1.82. The van der Waals surface area contributed by atoms with Crippen molar-refractivity contribution in [1.82, 2.24) is 9.78 Å². The molecule has 0 N–H and O–H groups in total. The van der Waals surface area contributed by atoms with Crippen LogP contribution in [0.3, 0.4) is 0 Å². The van der Waals surface area contributed by atoms with Crippen LogP contribution in [0, 0.1) is 6.57 Å². The van der Waals surface area contributed by atoms with Crippen LogP contribution in [0.2, 0.25) is 0 Å². The summed E-state index contributed by atoms with van der Waals surface area (Å²) >= 11 is 0. The van der Waals surface area contributed by atoms with Crippen molar-refractivity contribution < 1.29 is 0 Å². The molecule has 0 atom stereocenters. The largest absolute Gasteiger partial charge is 0.362 e. The van der Waals surface area contributed by atoms with Gasteiger partial charge in [-0.15, -0.1) is 5.10 Å². The van der Waals surface area contributed by atoms with E-state index in [1.165, 1.54) is 0 Å². The molecule has 0 radical (unpaired) electrons. The van der Waals surface area contributed by atoms with E-state index in [9.17, 15) is 0 Å². The highest BCUT2D eigenvalue weighted by atomic mass is 15.3. The molecular formula is C14H15N3. The number of para-hydroxylation sites is 1. The first-order valence-electron chi connectivity index (χ1n) is 5.56. The van der Waals surface area contributed by atoms with Gasteiger partial charge in [-0.2, -0.15) is 4.68 Å². The van der Waals surface area contributed by atoms with Gasteiger partial charge in [-0.1, -0.05) is 45.5 Å². The van der Waals surface area contributed by atoms with Crippen molar-refractivity contribution in [3.63, 3.8) is 0 Å². The van der Waals surface area contributed by atoms with Gasteiger partial charge in [0.15, 0.2) is 0 Å². The maximum atomic E-state index is 7.22. The van der Waals surface area contributed by atoms with Crippen molar-refractivity contribution >= 4 is 5.82 Å². The Morgan fingerprint density at radius 3 is 2.35 bits per heavy atom. The fourth-order valence-corrected chi connectivity index (χ4v) is 1.58. The van der Waals surface area contributed by atoms with Gasteiger partial charge in [-0.3, -0.25) is 0 Å². The van der Waals surface area contributed by atoms with E-state index in [0.717, 1.165) is 11.4 Å². The van der Waals surface area contributed by atoms with Crippen LogP contribution < -0.4 is 0 Å². The summed E-state index contributed by atoms with van der Waals surface area (Å²) in [6.45, 7) is 13.5. The molecule has 0 aliphatic heterocycles. The molecule has 0 aliphatic carbocycles. The van der Waals surface area contributed by atoms with E-state index < -0.39 is 0 Å². The van der Waals surface area contributed by atoms with E-state index in [-0.39, 0.29) is 5.41 Å². The van der Waals surface area contributed by atoms with E-state index in [0.29, 0.717) is 5.82 Å². The highest BCUT2D eigenvalue weighted by Gasteiger charge is 2.21. The molecule has 0 saturated heterocycles. The van der Waals surface area contributed by atoms with E-state index >= 15 is 0 Å². The molecule has 0 fully saturated rings. The van der Waals surface area contributed by atoms with Crippen LogP contribution in [0.4, 0.5) is 5.82 Å². The minimum absolute atomic E-state index is 0.0422. The Labute approximate surface area is 102 Å². The monoisotopic (exact) mass is 225 g/mol. The van der Waals surface area contributed by atoms with E-state index in [1.807, 2.05) is 36.4 Å². The molecule has 1 aromatic carbocycles. The SMILES string of the molecule is [C-]#[N+]c1cc(C(C)(C)C)nn1-c1ccccc1. The second-order valence-electron chi connectivity index (χ2n) is 5.00. The Bertz CT molecular complexity index is 553. The summed E-state index contributed by atoms with van der Waals surface area (Å²) in [6.07, 6.45) is 0. The molecule has 1 heterocycles. The topological polar surface area (TPSA) is 22.2 Å². The molecule has 2 aromatic rings. The summed E-state index contributed by atoms with van der Waals surface area (Å²) in [5, 5.41) is 4.53. The number of hydrogen-bond donors (Lipinski definition) is 0. The molecule has 2 rings (SSSR count). The molecule has 0 saturated carbocycles. The maximum Gasteiger partial charge on any atom is 0.257 e. The summed E-state index contributed by atoms with van der Waals surface area (Å²) in [6, 6.07) is 11.6. The number of benzene rings is 1. The predicted octanol–water partition coefficient (Wildman–Crippen LogP) is 3.72. The molecule has 86 valence electrons. The average Bonchev–Trinajstić information content (AvgIpc) is 2.73. The van der Waals surface area contributed by atoms with Gasteiger partial charge in [0.25, 0.3) is 5.82 Å². The molecule has 0 unspecified atom stereocenters. The average molecular weight is 225 g/mol. The van der Waals surface area contributed by atoms with Gasteiger partial charge in [0.05, 0.1) is 5.69 Å². The number of aromatic nitrogens is 2. The molecule has 1 aromatic heterocycles. The molecule has 0 amide bonds. The second kappa shape index (κ2) is 4.06. The predicted molar refractivity (Wildman–Crippen MR) is 68.5 cm³/mol.